The van der Waals surface area contributed by atoms with Crippen LogP contribution in [-0.2, 0) is 10.8 Å². The number of ketones is 1. The van der Waals surface area contributed by atoms with Gasteiger partial charge in [0.2, 0.25) is 0 Å². The fourth-order valence-corrected chi connectivity index (χ4v) is 5.65. The van der Waals surface area contributed by atoms with Crippen molar-refractivity contribution in [2.24, 2.45) is 0 Å². The number of benzene rings is 4. The van der Waals surface area contributed by atoms with Crippen LogP contribution in [0.4, 0.5) is 0 Å². The first-order valence-electron chi connectivity index (χ1n) is 9.71. The quantitative estimate of drug-likeness (QED) is 0.323. The second-order valence-electron chi connectivity index (χ2n) is 7.16. The predicted octanol–water partition coefficient (Wildman–Crippen LogP) is 6.60. The van der Waals surface area contributed by atoms with Crippen LogP contribution in [0.1, 0.15) is 26.7 Å². The molecule has 2 atom stereocenters. The van der Waals surface area contributed by atoms with Crippen LogP contribution in [0.3, 0.4) is 0 Å². The predicted molar refractivity (Wildman–Crippen MR) is 127 cm³/mol. The molecule has 150 valence electrons. The van der Waals surface area contributed by atoms with Gasteiger partial charge in [-0.25, -0.2) is 4.21 Å². The fraction of sp³-hybridized carbons (Fsp3) is 0.115. The third-order valence-electron chi connectivity index (χ3n) is 5.14. The molecule has 4 heteroatoms. The van der Waals surface area contributed by atoms with Crippen LogP contribution in [-0.4, -0.2) is 16.2 Å². The van der Waals surface area contributed by atoms with E-state index in [1.807, 2.05) is 104 Å². The molecule has 0 spiro atoms. The van der Waals surface area contributed by atoms with Crippen LogP contribution in [0.2, 0.25) is 0 Å². The van der Waals surface area contributed by atoms with Gasteiger partial charge in [-0.1, -0.05) is 72.3 Å². The Morgan fingerprint density at radius 1 is 0.833 bits per heavy atom. The molecular weight excluding hydrogens is 408 g/mol. The van der Waals surface area contributed by atoms with Crippen LogP contribution in [0.15, 0.2) is 101 Å². The summed E-state index contributed by atoms with van der Waals surface area (Å²) in [6, 6.07) is 29.1. The van der Waals surface area contributed by atoms with Gasteiger partial charge in [-0.15, -0.1) is 11.8 Å². The summed E-state index contributed by atoms with van der Waals surface area (Å²) in [5, 5.41) is 1.73. The molecule has 0 saturated carbocycles. The summed E-state index contributed by atoms with van der Waals surface area (Å²) >= 11 is 1.48. The van der Waals surface area contributed by atoms with E-state index in [4.69, 9.17) is 0 Å². The largest absolute Gasteiger partial charge is 0.293 e. The Kier molecular flexibility index (Phi) is 6.16. The summed E-state index contributed by atoms with van der Waals surface area (Å²) < 4.78 is 13.3. The maximum Gasteiger partial charge on any atom is 0.180 e. The lowest BCUT2D eigenvalue weighted by molar-refractivity contribution is 0.0989. The average molecular weight is 431 g/mol. The van der Waals surface area contributed by atoms with E-state index in [2.05, 4.69) is 0 Å². The SMILES string of the molecule is CS[C@H](C(=O)c1ccc2ccccc2c1)c1ccccc1[S@@](=O)c1ccc(C)cc1. The van der Waals surface area contributed by atoms with Crippen LogP contribution >= 0.6 is 11.8 Å². The average Bonchev–Trinajstić information content (AvgIpc) is 2.79. The Labute approximate surface area is 183 Å². The van der Waals surface area contributed by atoms with Gasteiger partial charge in [-0.2, -0.15) is 0 Å². The molecule has 0 aliphatic rings. The third-order valence-corrected chi connectivity index (χ3v) is 7.56. The van der Waals surface area contributed by atoms with Crippen LogP contribution < -0.4 is 0 Å². The molecule has 4 aromatic rings. The lowest BCUT2D eigenvalue weighted by atomic mass is 9.99. The molecule has 2 nitrogen and oxygen atoms in total. The second-order valence-corrected chi connectivity index (χ2v) is 9.55. The summed E-state index contributed by atoms with van der Waals surface area (Å²) in [6.07, 6.45) is 1.93. The molecule has 0 aliphatic carbocycles. The Balaban J connectivity index is 1.73. The highest BCUT2D eigenvalue weighted by atomic mass is 32.2. The molecule has 0 heterocycles. The van der Waals surface area contributed by atoms with Crippen LogP contribution in [0.25, 0.3) is 10.8 Å². The van der Waals surface area contributed by atoms with Gasteiger partial charge in [-0.05, 0) is 53.8 Å². The first-order valence-corrected chi connectivity index (χ1v) is 12.2. The molecule has 4 rings (SSSR count). The van der Waals surface area contributed by atoms with E-state index in [1.165, 1.54) is 11.8 Å². The van der Waals surface area contributed by atoms with E-state index in [1.54, 1.807) is 0 Å². The van der Waals surface area contributed by atoms with E-state index in [-0.39, 0.29) is 5.78 Å². The maximum absolute atomic E-state index is 13.5. The molecule has 0 saturated heterocycles. The lowest BCUT2D eigenvalue weighted by Gasteiger charge is -2.18. The molecule has 0 N–H and O–H groups in total. The van der Waals surface area contributed by atoms with E-state index >= 15 is 0 Å². The molecule has 4 aromatic carbocycles. The van der Waals surface area contributed by atoms with Gasteiger partial charge in [0.05, 0.1) is 16.0 Å². The van der Waals surface area contributed by atoms with Crippen molar-refractivity contribution in [1.82, 2.24) is 0 Å². The topological polar surface area (TPSA) is 34.1 Å². The minimum atomic E-state index is -1.35. The van der Waals surface area contributed by atoms with Crippen molar-refractivity contribution in [3.8, 4) is 0 Å². The summed E-state index contributed by atoms with van der Waals surface area (Å²) in [4.78, 5) is 14.9. The smallest absolute Gasteiger partial charge is 0.180 e. The van der Waals surface area contributed by atoms with Gasteiger partial charge in [-0.3, -0.25) is 4.79 Å². The van der Waals surface area contributed by atoms with Crippen LogP contribution in [0.5, 0.6) is 0 Å². The summed E-state index contributed by atoms with van der Waals surface area (Å²) in [7, 11) is -1.35. The maximum atomic E-state index is 13.5. The number of hydrogen-bond donors (Lipinski definition) is 0. The first-order chi connectivity index (χ1) is 14.6. The Morgan fingerprint density at radius 3 is 2.23 bits per heavy atom. The van der Waals surface area contributed by atoms with Crippen molar-refractivity contribution in [3.63, 3.8) is 0 Å². The first kappa shape index (κ1) is 20.6. The summed E-state index contributed by atoms with van der Waals surface area (Å²) in [6.45, 7) is 2.01. The molecule has 0 aliphatic heterocycles. The number of carbonyl (C=O) groups is 1. The van der Waals surface area contributed by atoms with Crippen LogP contribution in [0, 0.1) is 6.92 Å². The Bertz CT molecular complexity index is 1230. The molecule has 0 amide bonds. The van der Waals surface area contributed by atoms with Crippen molar-refractivity contribution in [2.75, 3.05) is 6.26 Å². The van der Waals surface area contributed by atoms with Gasteiger partial charge in [0, 0.05) is 15.4 Å². The summed E-state index contributed by atoms with van der Waals surface area (Å²) in [5.41, 5.74) is 2.60. The molecule has 0 bridgehead atoms. The van der Waals surface area contributed by atoms with Crippen molar-refractivity contribution >= 4 is 39.1 Å². The molecule has 0 fully saturated rings. The highest BCUT2D eigenvalue weighted by Gasteiger charge is 2.26. The third kappa shape index (κ3) is 4.11. The van der Waals surface area contributed by atoms with Gasteiger partial charge in [0.1, 0.15) is 0 Å². The van der Waals surface area contributed by atoms with E-state index in [9.17, 15) is 9.00 Å². The number of thioether (sulfide) groups is 1. The number of carbonyl (C=O) groups excluding carboxylic acids is 1. The number of hydrogen-bond acceptors (Lipinski definition) is 3. The molecular formula is C26H22O2S2. The zero-order valence-electron chi connectivity index (χ0n) is 16.9. The lowest BCUT2D eigenvalue weighted by Crippen LogP contribution is -2.12. The number of fused-ring (bicyclic) bond motifs is 1. The highest BCUT2D eigenvalue weighted by molar-refractivity contribution is 7.99. The zero-order valence-corrected chi connectivity index (χ0v) is 18.5. The van der Waals surface area contributed by atoms with Gasteiger partial charge >= 0.3 is 0 Å². The Morgan fingerprint density at radius 2 is 1.50 bits per heavy atom. The van der Waals surface area contributed by atoms with Crippen molar-refractivity contribution in [3.05, 3.63) is 108 Å². The number of rotatable bonds is 6. The van der Waals surface area contributed by atoms with Gasteiger partial charge in [0.25, 0.3) is 0 Å². The number of aryl methyl sites for hydroxylation is 1. The molecule has 0 aromatic heterocycles. The zero-order chi connectivity index (χ0) is 21.1. The normalized spacial score (nSPS) is 13.1. The monoisotopic (exact) mass is 430 g/mol. The van der Waals surface area contributed by atoms with Gasteiger partial charge < -0.3 is 0 Å². The van der Waals surface area contributed by atoms with E-state index in [0.29, 0.717) is 10.5 Å². The van der Waals surface area contributed by atoms with Gasteiger partial charge in [0.15, 0.2) is 5.78 Å². The fourth-order valence-electron chi connectivity index (χ4n) is 3.52. The van der Waals surface area contributed by atoms with Crippen molar-refractivity contribution in [1.29, 1.82) is 0 Å². The number of Topliss-reactive ketones (excluding diaryl/α,β-unsaturated/α-hetero) is 1. The Hall–Kier alpha value is -2.69. The second kappa shape index (κ2) is 8.99. The minimum absolute atomic E-state index is 0.0293. The van der Waals surface area contributed by atoms with E-state index < -0.39 is 16.0 Å². The molecule has 0 unspecified atom stereocenters. The van der Waals surface area contributed by atoms with Crippen molar-refractivity contribution in [2.45, 2.75) is 22.0 Å². The standard InChI is InChI=1S/C26H22O2S2/c1-18-11-15-22(16-12-18)30(28)24-10-6-5-9-23(24)26(29-2)25(27)21-14-13-19-7-3-4-8-20(19)17-21/h3-17,26H,1-2H3/t26-,30-/m0/s1. The molecule has 30 heavy (non-hydrogen) atoms. The minimum Gasteiger partial charge on any atom is -0.293 e. The molecule has 0 radical (unpaired) electrons. The summed E-state index contributed by atoms with van der Waals surface area (Å²) in [5.74, 6) is 0.0293. The van der Waals surface area contributed by atoms with E-state index in [0.717, 1.165) is 26.8 Å². The highest BCUT2D eigenvalue weighted by Crippen LogP contribution is 2.36. The van der Waals surface area contributed by atoms with Crippen molar-refractivity contribution < 1.29 is 9.00 Å².